The van der Waals surface area contributed by atoms with Crippen LogP contribution in [0.15, 0.2) is 59.3 Å². The average Bonchev–Trinajstić information content (AvgIpc) is 3.25. The van der Waals surface area contributed by atoms with Gasteiger partial charge in [0.15, 0.2) is 5.76 Å². The van der Waals surface area contributed by atoms with Crippen molar-refractivity contribution in [2.75, 3.05) is 33.4 Å². The number of amides is 1. The van der Waals surface area contributed by atoms with E-state index in [1.165, 1.54) is 6.33 Å². The molecule has 0 bridgehead atoms. The Hall–Kier alpha value is -3.65. The highest BCUT2D eigenvalue weighted by atomic mass is 16.5. The number of ether oxygens (including phenoxy) is 3. The van der Waals surface area contributed by atoms with Gasteiger partial charge in [-0.3, -0.25) is 4.79 Å². The number of fused-ring (bicyclic) bond motifs is 2. The van der Waals surface area contributed by atoms with Crippen LogP contribution in [0, 0.1) is 0 Å². The minimum absolute atomic E-state index is 0.170. The Morgan fingerprint density at radius 3 is 3.00 bits per heavy atom. The lowest BCUT2D eigenvalue weighted by atomic mass is 10.2. The number of benzene rings is 2. The molecule has 4 aromatic rings. The number of hydrogen-bond donors (Lipinski definition) is 0. The molecule has 3 heterocycles. The van der Waals surface area contributed by atoms with E-state index >= 15 is 0 Å². The van der Waals surface area contributed by atoms with Gasteiger partial charge in [-0.15, -0.1) is 0 Å². The van der Waals surface area contributed by atoms with E-state index in [9.17, 15) is 4.79 Å². The van der Waals surface area contributed by atoms with Crippen LogP contribution >= 0.6 is 0 Å². The SMILES string of the molecule is COc1ccc2oc(C(=O)N3CCOC(COc4ncnc5ccccc45)C3)cc2c1. The maximum Gasteiger partial charge on any atom is 0.289 e. The van der Waals surface area contributed by atoms with Gasteiger partial charge < -0.3 is 23.5 Å². The quantitative estimate of drug-likeness (QED) is 0.490. The van der Waals surface area contributed by atoms with Crippen molar-refractivity contribution in [3.8, 4) is 11.6 Å². The predicted molar refractivity (Wildman–Crippen MR) is 113 cm³/mol. The highest BCUT2D eigenvalue weighted by Crippen LogP contribution is 2.26. The number of morpholine rings is 1. The molecule has 8 heteroatoms. The monoisotopic (exact) mass is 419 g/mol. The number of carbonyl (C=O) groups is 1. The van der Waals surface area contributed by atoms with Crippen molar-refractivity contribution in [3.63, 3.8) is 0 Å². The molecule has 8 nitrogen and oxygen atoms in total. The number of methoxy groups -OCH3 is 1. The number of nitrogens with zero attached hydrogens (tertiary/aromatic N) is 3. The molecule has 2 aromatic heterocycles. The first-order valence-corrected chi connectivity index (χ1v) is 10.0. The molecule has 1 saturated heterocycles. The summed E-state index contributed by atoms with van der Waals surface area (Å²) in [5, 5.41) is 1.66. The zero-order valence-corrected chi connectivity index (χ0v) is 17.0. The molecule has 1 fully saturated rings. The van der Waals surface area contributed by atoms with E-state index in [1.54, 1.807) is 30.2 Å². The summed E-state index contributed by atoms with van der Waals surface area (Å²) in [5.74, 6) is 1.35. The lowest BCUT2D eigenvalue weighted by Crippen LogP contribution is -2.47. The molecule has 1 aliphatic heterocycles. The molecule has 0 N–H and O–H groups in total. The fourth-order valence-electron chi connectivity index (χ4n) is 3.68. The third kappa shape index (κ3) is 3.89. The van der Waals surface area contributed by atoms with Crippen molar-refractivity contribution in [2.45, 2.75) is 6.10 Å². The minimum atomic E-state index is -0.268. The van der Waals surface area contributed by atoms with Crippen molar-refractivity contribution >= 4 is 27.8 Å². The third-order valence-electron chi connectivity index (χ3n) is 5.27. The second-order valence-corrected chi connectivity index (χ2v) is 7.27. The van der Waals surface area contributed by atoms with Crippen LogP contribution in [0.1, 0.15) is 10.6 Å². The Labute approximate surface area is 178 Å². The largest absolute Gasteiger partial charge is 0.497 e. The van der Waals surface area contributed by atoms with Crippen molar-refractivity contribution in [1.82, 2.24) is 14.9 Å². The second kappa shape index (κ2) is 8.23. The summed E-state index contributed by atoms with van der Waals surface area (Å²) in [4.78, 5) is 23.2. The topological polar surface area (TPSA) is 86.9 Å². The molecule has 31 heavy (non-hydrogen) atoms. The molecular weight excluding hydrogens is 398 g/mol. The zero-order valence-electron chi connectivity index (χ0n) is 17.0. The molecule has 158 valence electrons. The molecular formula is C23H21N3O5. The number of furan rings is 1. The summed E-state index contributed by atoms with van der Waals surface area (Å²) in [7, 11) is 1.60. The highest BCUT2D eigenvalue weighted by Gasteiger charge is 2.28. The molecule has 0 radical (unpaired) electrons. The van der Waals surface area contributed by atoms with Crippen LogP contribution in [0.4, 0.5) is 0 Å². The summed E-state index contributed by atoms with van der Waals surface area (Å²) in [6.07, 6.45) is 1.21. The first-order valence-electron chi connectivity index (χ1n) is 10.0. The summed E-state index contributed by atoms with van der Waals surface area (Å²) in [6, 6.07) is 14.8. The first kappa shape index (κ1) is 19.3. The van der Waals surface area contributed by atoms with Gasteiger partial charge in [-0.2, -0.15) is 0 Å². The summed E-state index contributed by atoms with van der Waals surface area (Å²) < 4.78 is 22.7. The number of para-hydroxylation sites is 1. The van der Waals surface area contributed by atoms with Crippen molar-refractivity contribution in [3.05, 3.63) is 60.6 Å². The van der Waals surface area contributed by atoms with E-state index < -0.39 is 0 Å². The number of aromatic nitrogens is 2. The normalized spacial score (nSPS) is 16.5. The molecule has 0 saturated carbocycles. The average molecular weight is 419 g/mol. The molecule has 0 spiro atoms. The fraction of sp³-hybridized carbons (Fsp3) is 0.261. The molecule has 2 aromatic carbocycles. The Morgan fingerprint density at radius 1 is 1.19 bits per heavy atom. The maximum absolute atomic E-state index is 13.0. The third-order valence-corrected chi connectivity index (χ3v) is 5.27. The summed E-state index contributed by atoms with van der Waals surface area (Å²) in [5.41, 5.74) is 1.46. The molecule has 1 amide bonds. The molecule has 1 atom stereocenters. The lowest BCUT2D eigenvalue weighted by Gasteiger charge is -2.32. The highest BCUT2D eigenvalue weighted by molar-refractivity contribution is 5.96. The van der Waals surface area contributed by atoms with Crippen molar-refractivity contribution < 1.29 is 23.4 Å². The van der Waals surface area contributed by atoms with Crippen LogP contribution in [0.3, 0.4) is 0 Å². The second-order valence-electron chi connectivity index (χ2n) is 7.27. The standard InChI is InChI=1S/C23H21N3O5/c1-28-16-6-7-20-15(10-16)11-21(31-20)23(27)26-8-9-29-17(12-26)13-30-22-18-4-2-3-5-19(18)24-14-25-22/h2-7,10-11,14,17H,8-9,12-13H2,1H3. The van der Waals surface area contributed by atoms with Crippen LogP contribution in [0.2, 0.25) is 0 Å². The number of carbonyl (C=O) groups excluding carboxylic acids is 1. The van der Waals surface area contributed by atoms with Gasteiger partial charge in [0.25, 0.3) is 5.91 Å². The van der Waals surface area contributed by atoms with Crippen LogP contribution in [-0.2, 0) is 4.74 Å². The van der Waals surface area contributed by atoms with Gasteiger partial charge in [0.05, 0.1) is 31.2 Å². The molecule has 1 aliphatic rings. The Morgan fingerprint density at radius 2 is 2.10 bits per heavy atom. The van der Waals surface area contributed by atoms with Gasteiger partial charge in [0.2, 0.25) is 5.88 Å². The summed E-state index contributed by atoms with van der Waals surface area (Å²) >= 11 is 0. The van der Waals surface area contributed by atoms with Gasteiger partial charge in [-0.1, -0.05) is 12.1 Å². The summed E-state index contributed by atoms with van der Waals surface area (Å²) in [6.45, 7) is 1.61. The van der Waals surface area contributed by atoms with Gasteiger partial charge in [0, 0.05) is 11.9 Å². The Balaban J connectivity index is 1.27. The van der Waals surface area contributed by atoms with E-state index in [1.807, 2.05) is 30.3 Å². The Bertz CT molecular complexity index is 1230. The van der Waals surface area contributed by atoms with Crippen LogP contribution in [0.5, 0.6) is 11.6 Å². The zero-order chi connectivity index (χ0) is 21.2. The number of rotatable bonds is 5. The van der Waals surface area contributed by atoms with E-state index in [4.69, 9.17) is 18.6 Å². The van der Waals surface area contributed by atoms with Crippen LogP contribution in [-0.4, -0.2) is 60.3 Å². The van der Waals surface area contributed by atoms with Gasteiger partial charge >= 0.3 is 0 Å². The number of hydrogen-bond acceptors (Lipinski definition) is 7. The van der Waals surface area contributed by atoms with Gasteiger partial charge in [-0.25, -0.2) is 9.97 Å². The molecule has 5 rings (SSSR count). The van der Waals surface area contributed by atoms with Crippen LogP contribution < -0.4 is 9.47 Å². The van der Waals surface area contributed by atoms with Crippen molar-refractivity contribution in [2.24, 2.45) is 0 Å². The van der Waals surface area contributed by atoms with E-state index in [2.05, 4.69) is 9.97 Å². The molecule has 1 unspecified atom stereocenters. The first-order chi connectivity index (χ1) is 15.2. The van der Waals surface area contributed by atoms with Crippen molar-refractivity contribution in [1.29, 1.82) is 0 Å². The Kier molecular flexibility index (Phi) is 5.13. The maximum atomic E-state index is 13.0. The van der Waals surface area contributed by atoms with E-state index in [-0.39, 0.29) is 18.6 Å². The van der Waals surface area contributed by atoms with Crippen LogP contribution in [0.25, 0.3) is 21.9 Å². The smallest absolute Gasteiger partial charge is 0.289 e. The minimum Gasteiger partial charge on any atom is -0.497 e. The van der Waals surface area contributed by atoms with E-state index in [0.29, 0.717) is 42.7 Å². The predicted octanol–water partition coefficient (Wildman–Crippen LogP) is 3.30. The van der Waals surface area contributed by atoms with E-state index in [0.717, 1.165) is 16.3 Å². The molecule has 0 aliphatic carbocycles. The van der Waals surface area contributed by atoms with Gasteiger partial charge in [0.1, 0.15) is 30.4 Å². The lowest BCUT2D eigenvalue weighted by molar-refractivity contribution is -0.0411. The van der Waals surface area contributed by atoms with Gasteiger partial charge in [-0.05, 0) is 36.4 Å². The fourth-order valence-corrected chi connectivity index (χ4v) is 3.68.